The molecule has 0 aromatic rings. The van der Waals surface area contributed by atoms with Crippen molar-refractivity contribution in [3.63, 3.8) is 0 Å². The second-order valence-electron chi connectivity index (χ2n) is 3.25. The molecule has 1 aliphatic rings. The van der Waals surface area contributed by atoms with Gasteiger partial charge in [0.05, 0.1) is 12.7 Å². The molecule has 0 radical (unpaired) electrons. The summed E-state index contributed by atoms with van der Waals surface area (Å²) in [7, 11) is 1.22. The average Bonchev–Trinajstić information content (AvgIpc) is 2.46. The first kappa shape index (κ1) is 10.6. The molecule has 0 saturated heterocycles. The highest BCUT2D eigenvalue weighted by molar-refractivity contribution is 6.25. The molecule has 0 amide bonds. The number of carbonyl (C=O) groups excluding carboxylic acids is 3. The van der Waals surface area contributed by atoms with Crippen LogP contribution in [0.3, 0.4) is 0 Å². The van der Waals surface area contributed by atoms with Crippen molar-refractivity contribution in [2.75, 3.05) is 7.11 Å². The van der Waals surface area contributed by atoms with Gasteiger partial charge in [-0.1, -0.05) is 5.57 Å². The second-order valence-corrected chi connectivity index (χ2v) is 3.25. The summed E-state index contributed by atoms with van der Waals surface area (Å²) in [5.41, 5.74) is 0.985. The van der Waals surface area contributed by atoms with E-state index in [1.807, 2.05) is 0 Å². The first-order valence-electron chi connectivity index (χ1n) is 4.39. The Morgan fingerprint density at radius 3 is 2.43 bits per heavy atom. The standard InChI is InChI=1S/C10H12O4/c1-6-3-4-7(11)10(6)8(12)5-9(13)14-2/h3-5H2,1-2H3. The molecular weight excluding hydrogens is 184 g/mol. The molecule has 0 aromatic carbocycles. The first-order chi connectivity index (χ1) is 6.56. The molecule has 0 N–H and O–H groups in total. The zero-order chi connectivity index (χ0) is 10.7. The van der Waals surface area contributed by atoms with Crippen molar-refractivity contribution in [1.29, 1.82) is 0 Å². The number of methoxy groups -OCH3 is 1. The molecule has 4 nitrogen and oxygen atoms in total. The van der Waals surface area contributed by atoms with Crippen molar-refractivity contribution >= 4 is 17.5 Å². The highest BCUT2D eigenvalue weighted by Crippen LogP contribution is 2.23. The zero-order valence-electron chi connectivity index (χ0n) is 8.25. The minimum Gasteiger partial charge on any atom is -0.469 e. The van der Waals surface area contributed by atoms with Crippen molar-refractivity contribution in [3.05, 3.63) is 11.1 Å². The molecule has 0 bridgehead atoms. The summed E-state index contributed by atoms with van der Waals surface area (Å²) >= 11 is 0. The maximum Gasteiger partial charge on any atom is 0.313 e. The Balaban J connectivity index is 2.74. The SMILES string of the molecule is COC(=O)CC(=O)C1=C(C)CCC1=O. The fourth-order valence-electron chi connectivity index (χ4n) is 1.47. The van der Waals surface area contributed by atoms with Gasteiger partial charge >= 0.3 is 5.97 Å². The van der Waals surface area contributed by atoms with Gasteiger partial charge in [-0.25, -0.2) is 0 Å². The summed E-state index contributed by atoms with van der Waals surface area (Å²) in [5, 5.41) is 0. The van der Waals surface area contributed by atoms with E-state index in [4.69, 9.17) is 0 Å². The molecular formula is C10H12O4. The number of ketones is 2. The van der Waals surface area contributed by atoms with E-state index in [0.29, 0.717) is 12.8 Å². The molecule has 0 aromatic heterocycles. The number of esters is 1. The predicted octanol–water partition coefficient (Wildman–Crippen LogP) is 0.798. The van der Waals surface area contributed by atoms with E-state index in [9.17, 15) is 14.4 Å². The molecule has 0 unspecified atom stereocenters. The van der Waals surface area contributed by atoms with Gasteiger partial charge in [-0.3, -0.25) is 14.4 Å². The van der Waals surface area contributed by atoms with Crippen molar-refractivity contribution in [2.45, 2.75) is 26.2 Å². The molecule has 14 heavy (non-hydrogen) atoms. The number of ether oxygens (including phenoxy) is 1. The molecule has 0 fully saturated rings. The lowest BCUT2D eigenvalue weighted by Crippen LogP contribution is -2.15. The lowest BCUT2D eigenvalue weighted by Gasteiger charge is -2.00. The van der Waals surface area contributed by atoms with E-state index in [1.165, 1.54) is 7.11 Å². The van der Waals surface area contributed by atoms with Crippen LogP contribution in [0, 0.1) is 0 Å². The first-order valence-corrected chi connectivity index (χ1v) is 4.39. The van der Waals surface area contributed by atoms with Gasteiger partial charge in [-0.05, 0) is 13.3 Å². The van der Waals surface area contributed by atoms with Crippen molar-refractivity contribution in [2.24, 2.45) is 0 Å². The molecule has 0 spiro atoms. The Bertz CT molecular complexity index is 325. The van der Waals surface area contributed by atoms with Crippen molar-refractivity contribution in [1.82, 2.24) is 0 Å². The van der Waals surface area contributed by atoms with E-state index in [2.05, 4.69) is 4.74 Å². The second kappa shape index (κ2) is 4.17. The van der Waals surface area contributed by atoms with Gasteiger partial charge < -0.3 is 4.74 Å². The predicted molar refractivity (Wildman–Crippen MR) is 48.6 cm³/mol. The number of hydrogen-bond acceptors (Lipinski definition) is 4. The van der Waals surface area contributed by atoms with Crippen LogP contribution in [0.2, 0.25) is 0 Å². The van der Waals surface area contributed by atoms with Crippen LogP contribution in [-0.4, -0.2) is 24.6 Å². The van der Waals surface area contributed by atoms with Crippen LogP contribution in [0.5, 0.6) is 0 Å². The number of carbonyl (C=O) groups is 3. The molecule has 4 heteroatoms. The van der Waals surface area contributed by atoms with Gasteiger partial charge in [0.2, 0.25) is 0 Å². The summed E-state index contributed by atoms with van der Waals surface area (Å²) in [6.45, 7) is 1.75. The number of rotatable bonds is 3. The largest absolute Gasteiger partial charge is 0.469 e. The van der Waals surface area contributed by atoms with Crippen LogP contribution in [0.4, 0.5) is 0 Å². The molecule has 0 saturated carbocycles. The van der Waals surface area contributed by atoms with E-state index in [0.717, 1.165) is 5.57 Å². The third-order valence-corrected chi connectivity index (χ3v) is 2.24. The number of allylic oxidation sites excluding steroid dienone is 2. The Hall–Kier alpha value is -1.45. The van der Waals surface area contributed by atoms with Crippen LogP contribution in [0.15, 0.2) is 11.1 Å². The minimum atomic E-state index is -0.602. The summed E-state index contributed by atoms with van der Waals surface area (Å²) < 4.78 is 4.36. The zero-order valence-corrected chi connectivity index (χ0v) is 8.25. The fourth-order valence-corrected chi connectivity index (χ4v) is 1.47. The lowest BCUT2D eigenvalue weighted by molar-refractivity contribution is -0.142. The van der Waals surface area contributed by atoms with Crippen LogP contribution in [0.1, 0.15) is 26.2 Å². The summed E-state index contributed by atoms with van der Waals surface area (Å²) in [6.07, 6.45) is 0.671. The lowest BCUT2D eigenvalue weighted by atomic mass is 10.0. The van der Waals surface area contributed by atoms with E-state index in [-0.39, 0.29) is 17.8 Å². The maximum absolute atomic E-state index is 11.5. The summed E-state index contributed by atoms with van der Waals surface area (Å²) in [5.74, 6) is -1.18. The molecule has 76 valence electrons. The Morgan fingerprint density at radius 1 is 1.36 bits per heavy atom. The molecule has 1 rings (SSSR count). The third-order valence-electron chi connectivity index (χ3n) is 2.24. The molecule has 0 aliphatic heterocycles. The van der Waals surface area contributed by atoms with Gasteiger partial charge in [0.1, 0.15) is 6.42 Å². The van der Waals surface area contributed by atoms with Crippen molar-refractivity contribution in [3.8, 4) is 0 Å². The Kier molecular flexibility index (Phi) is 3.17. The smallest absolute Gasteiger partial charge is 0.313 e. The third kappa shape index (κ3) is 2.07. The Labute approximate surface area is 81.9 Å². The number of hydrogen-bond donors (Lipinski definition) is 0. The van der Waals surface area contributed by atoms with Gasteiger partial charge in [0, 0.05) is 6.42 Å². The molecule has 1 aliphatic carbocycles. The topological polar surface area (TPSA) is 60.4 Å². The van der Waals surface area contributed by atoms with Gasteiger partial charge in [0.25, 0.3) is 0 Å². The van der Waals surface area contributed by atoms with Gasteiger partial charge in [-0.15, -0.1) is 0 Å². The van der Waals surface area contributed by atoms with Crippen LogP contribution >= 0.6 is 0 Å². The highest BCUT2D eigenvalue weighted by Gasteiger charge is 2.27. The number of Topliss-reactive ketones (excluding diaryl/α,β-unsaturated/α-hetero) is 2. The molecule has 0 heterocycles. The van der Waals surface area contributed by atoms with E-state index < -0.39 is 11.8 Å². The highest BCUT2D eigenvalue weighted by atomic mass is 16.5. The van der Waals surface area contributed by atoms with Crippen molar-refractivity contribution < 1.29 is 19.1 Å². The summed E-state index contributed by atoms with van der Waals surface area (Å²) in [6, 6.07) is 0. The van der Waals surface area contributed by atoms with Gasteiger partial charge in [0.15, 0.2) is 11.6 Å². The quantitative estimate of drug-likeness (QED) is 0.380. The maximum atomic E-state index is 11.5. The average molecular weight is 196 g/mol. The van der Waals surface area contributed by atoms with E-state index >= 15 is 0 Å². The molecule has 0 atom stereocenters. The normalized spacial score (nSPS) is 16.0. The fraction of sp³-hybridized carbons (Fsp3) is 0.500. The van der Waals surface area contributed by atoms with E-state index in [1.54, 1.807) is 6.92 Å². The van der Waals surface area contributed by atoms with Crippen LogP contribution < -0.4 is 0 Å². The summed E-state index contributed by atoms with van der Waals surface area (Å²) in [4.78, 5) is 33.5. The van der Waals surface area contributed by atoms with Gasteiger partial charge in [-0.2, -0.15) is 0 Å². The monoisotopic (exact) mass is 196 g/mol. The van der Waals surface area contributed by atoms with Crippen LogP contribution in [-0.2, 0) is 19.1 Å². The Morgan fingerprint density at radius 2 is 2.00 bits per heavy atom. The minimum absolute atomic E-state index is 0.156. The van der Waals surface area contributed by atoms with Crippen LogP contribution in [0.25, 0.3) is 0 Å².